The maximum Gasteiger partial charge on any atom is 0.416 e. The maximum atomic E-state index is 13.4. The van der Waals surface area contributed by atoms with Gasteiger partial charge in [-0.1, -0.05) is 13.8 Å². The third-order valence-corrected chi connectivity index (χ3v) is 5.05. The molecule has 1 aromatic heterocycles. The molecule has 0 fully saturated rings. The van der Waals surface area contributed by atoms with Crippen LogP contribution >= 0.6 is 0 Å². The van der Waals surface area contributed by atoms with Crippen molar-refractivity contribution in [3.8, 4) is 0 Å². The predicted molar refractivity (Wildman–Crippen MR) is 91.9 cm³/mol. The van der Waals surface area contributed by atoms with Gasteiger partial charge in [-0.25, -0.2) is 10.4 Å². The highest BCUT2D eigenvalue weighted by molar-refractivity contribution is 5.72. The van der Waals surface area contributed by atoms with E-state index >= 15 is 0 Å². The molecule has 1 aromatic carbocycles. The van der Waals surface area contributed by atoms with Crippen LogP contribution in [-0.2, 0) is 18.1 Å². The zero-order valence-electron chi connectivity index (χ0n) is 15.1. The summed E-state index contributed by atoms with van der Waals surface area (Å²) < 4.78 is 45.9. The molecule has 0 bridgehead atoms. The number of hydrogen-bond acceptors (Lipinski definition) is 5. The number of hydrogen-bond donors (Lipinski definition) is 2. The number of aromatic nitrogens is 1. The highest BCUT2D eigenvalue weighted by Gasteiger charge is 2.40. The average Bonchev–Trinajstić information content (AvgIpc) is 3.08. The Morgan fingerprint density at radius 1 is 1.31 bits per heavy atom. The van der Waals surface area contributed by atoms with E-state index in [4.69, 9.17) is 4.42 Å². The van der Waals surface area contributed by atoms with Crippen molar-refractivity contribution in [1.82, 2.24) is 10.4 Å². The Balaban J connectivity index is 1.84. The van der Waals surface area contributed by atoms with Gasteiger partial charge in [-0.15, -0.1) is 0 Å². The zero-order chi connectivity index (χ0) is 18.9. The van der Waals surface area contributed by atoms with Gasteiger partial charge in [0, 0.05) is 30.1 Å². The molecule has 5 nitrogen and oxygen atoms in total. The summed E-state index contributed by atoms with van der Waals surface area (Å²) in [6.45, 7) is 8.75. The lowest BCUT2D eigenvalue weighted by molar-refractivity contribution is -0.137. The fraction of sp³-hybridized carbons (Fsp3) is 0.500. The van der Waals surface area contributed by atoms with Crippen LogP contribution in [0.25, 0.3) is 0 Å². The Kier molecular flexibility index (Phi) is 3.57. The number of aryl methyl sites for hydroxylation is 1. The van der Waals surface area contributed by atoms with Crippen LogP contribution in [0.15, 0.2) is 16.5 Å². The lowest BCUT2D eigenvalue weighted by atomic mass is 9.84. The number of alkyl halides is 3. The Bertz CT molecular complexity index is 872. The Morgan fingerprint density at radius 2 is 2.04 bits per heavy atom. The first-order chi connectivity index (χ1) is 12.1. The molecule has 2 aliphatic rings. The summed E-state index contributed by atoms with van der Waals surface area (Å²) in [5, 5.41) is 0. The van der Waals surface area contributed by atoms with Crippen molar-refractivity contribution in [3.63, 3.8) is 0 Å². The summed E-state index contributed by atoms with van der Waals surface area (Å²) in [7, 11) is 0. The standard InChI is InChI=1S/C18H21F3N4O/c1-9-15-12(24-23-9)5-11(18(19,20)21)6-13(15)25-7-14-16(17(3,4)8-25)22-10(2)26-14/h5-6,9,23-24H,7-8H2,1-4H3. The molecule has 26 heavy (non-hydrogen) atoms. The zero-order valence-corrected chi connectivity index (χ0v) is 15.1. The smallest absolute Gasteiger partial charge is 0.416 e. The molecule has 8 heteroatoms. The summed E-state index contributed by atoms with van der Waals surface area (Å²) in [5.74, 6) is 1.30. The number of oxazole rings is 1. The summed E-state index contributed by atoms with van der Waals surface area (Å²) in [4.78, 5) is 6.44. The molecule has 0 radical (unpaired) electrons. The molecule has 0 amide bonds. The van der Waals surface area contributed by atoms with E-state index in [1.54, 1.807) is 6.92 Å². The molecule has 0 aliphatic carbocycles. The highest BCUT2D eigenvalue weighted by atomic mass is 19.4. The van der Waals surface area contributed by atoms with Crippen molar-refractivity contribution >= 4 is 11.4 Å². The SMILES string of the molecule is Cc1nc2c(o1)CN(c1cc(C(F)(F)F)cc3c1C(C)NN3)CC2(C)C. The van der Waals surface area contributed by atoms with Crippen LogP contribution in [0.4, 0.5) is 24.5 Å². The summed E-state index contributed by atoms with van der Waals surface area (Å²) in [5.41, 5.74) is 7.67. The van der Waals surface area contributed by atoms with Crippen LogP contribution in [0, 0.1) is 6.92 Å². The maximum absolute atomic E-state index is 13.4. The number of halogens is 3. The van der Waals surface area contributed by atoms with Crippen molar-refractivity contribution < 1.29 is 17.6 Å². The minimum atomic E-state index is -4.41. The molecule has 0 saturated carbocycles. The van der Waals surface area contributed by atoms with Gasteiger partial charge in [0.1, 0.15) is 5.76 Å². The average molecular weight is 366 g/mol. The van der Waals surface area contributed by atoms with Crippen molar-refractivity contribution in [3.05, 3.63) is 40.6 Å². The van der Waals surface area contributed by atoms with Gasteiger partial charge in [-0.2, -0.15) is 13.2 Å². The molecule has 1 unspecified atom stereocenters. The first kappa shape index (κ1) is 17.2. The number of anilines is 2. The third-order valence-electron chi connectivity index (χ3n) is 5.05. The van der Waals surface area contributed by atoms with E-state index in [2.05, 4.69) is 15.8 Å². The molecule has 2 aliphatic heterocycles. The van der Waals surface area contributed by atoms with E-state index < -0.39 is 11.7 Å². The summed E-state index contributed by atoms with van der Waals surface area (Å²) in [6.07, 6.45) is -4.41. The van der Waals surface area contributed by atoms with E-state index in [9.17, 15) is 13.2 Å². The number of nitrogens with zero attached hydrogens (tertiary/aromatic N) is 2. The second-order valence-corrected chi connectivity index (χ2v) is 7.69. The second-order valence-electron chi connectivity index (χ2n) is 7.69. The van der Waals surface area contributed by atoms with E-state index in [1.165, 1.54) is 6.07 Å². The number of benzene rings is 1. The fourth-order valence-corrected chi connectivity index (χ4v) is 3.94. The molecule has 1 atom stereocenters. The number of nitrogens with one attached hydrogen (secondary N) is 2. The Hall–Kier alpha value is -2.22. The fourth-order valence-electron chi connectivity index (χ4n) is 3.94. The van der Waals surface area contributed by atoms with Crippen molar-refractivity contribution in [2.75, 3.05) is 16.9 Å². The van der Waals surface area contributed by atoms with E-state index in [0.717, 1.165) is 23.1 Å². The first-order valence-electron chi connectivity index (χ1n) is 8.54. The van der Waals surface area contributed by atoms with Crippen LogP contribution in [0.3, 0.4) is 0 Å². The summed E-state index contributed by atoms with van der Waals surface area (Å²) >= 11 is 0. The van der Waals surface area contributed by atoms with Gasteiger partial charge in [-0.3, -0.25) is 0 Å². The molecular weight excluding hydrogens is 345 g/mol. The first-order valence-corrected chi connectivity index (χ1v) is 8.54. The van der Waals surface area contributed by atoms with Crippen molar-refractivity contribution in [2.24, 2.45) is 0 Å². The van der Waals surface area contributed by atoms with E-state index in [1.807, 2.05) is 25.7 Å². The van der Waals surface area contributed by atoms with E-state index in [0.29, 0.717) is 30.4 Å². The largest absolute Gasteiger partial charge is 0.444 e. The molecule has 4 rings (SSSR count). The predicted octanol–water partition coefficient (Wildman–Crippen LogP) is 4.29. The van der Waals surface area contributed by atoms with Crippen LogP contribution in [0.2, 0.25) is 0 Å². The molecule has 140 valence electrons. The van der Waals surface area contributed by atoms with Crippen molar-refractivity contribution in [1.29, 1.82) is 0 Å². The minimum Gasteiger partial charge on any atom is -0.444 e. The number of fused-ring (bicyclic) bond motifs is 2. The highest BCUT2D eigenvalue weighted by Crippen LogP contribution is 2.45. The lowest BCUT2D eigenvalue weighted by Crippen LogP contribution is -2.42. The molecule has 3 heterocycles. The monoisotopic (exact) mass is 366 g/mol. The quantitative estimate of drug-likeness (QED) is 0.789. The molecule has 2 N–H and O–H groups in total. The Labute approximate surface area is 149 Å². The minimum absolute atomic E-state index is 0.0942. The summed E-state index contributed by atoms with van der Waals surface area (Å²) in [6, 6.07) is 2.31. The number of rotatable bonds is 1. The molecule has 0 saturated heterocycles. The normalized spacial score (nSPS) is 21.3. The van der Waals surface area contributed by atoms with Gasteiger partial charge in [0.25, 0.3) is 0 Å². The van der Waals surface area contributed by atoms with Gasteiger partial charge in [0.15, 0.2) is 5.89 Å². The van der Waals surface area contributed by atoms with Crippen LogP contribution < -0.4 is 15.8 Å². The van der Waals surface area contributed by atoms with Crippen LogP contribution in [0.5, 0.6) is 0 Å². The Morgan fingerprint density at radius 3 is 2.73 bits per heavy atom. The second kappa shape index (κ2) is 5.39. The van der Waals surface area contributed by atoms with Gasteiger partial charge < -0.3 is 14.7 Å². The molecule has 0 spiro atoms. The van der Waals surface area contributed by atoms with Gasteiger partial charge in [0.2, 0.25) is 0 Å². The van der Waals surface area contributed by atoms with Gasteiger partial charge in [-0.05, 0) is 19.1 Å². The van der Waals surface area contributed by atoms with Gasteiger partial charge >= 0.3 is 6.18 Å². The number of hydrazine groups is 1. The van der Waals surface area contributed by atoms with Crippen LogP contribution in [-0.4, -0.2) is 11.5 Å². The molecule has 2 aromatic rings. The lowest BCUT2D eigenvalue weighted by Gasteiger charge is -2.38. The van der Waals surface area contributed by atoms with Crippen LogP contribution in [0.1, 0.15) is 55.3 Å². The molecular formula is C18H21F3N4O. The topological polar surface area (TPSA) is 53.3 Å². The third kappa shape index (κ3) is 2.63. The van der Waals surface area contributed by atoms with E-state index in [-0.39, 0.29) is 11.5 Å². The van der Waals surface area contributed by atoms with Gasteiger partial charge in [0.05, 0.1) is 29.5 Å². The van der Waals surface area contributed by atoms with Crippen molar-refractivity contribution in [2.45, 2.75) is 51.9 Å².